The number of nitrogens with zero attached hydrogens (tertiary/aromatic N) is 1. The first-order valence-corrected chi connectivity index (χ1v) is 9.17. The number of amides is 2. The summed E-state index contributed by atoms with van der Waals surface area (Å²) in [7, 11) is 1.61. The van der Waals surface area contributed by atoms with E-state index in [0.717, 1.165) is 22.8 Å². The Balaban J connectivity index is 1.75. The Kier molecular flexibility index (Phi) is 5.43. The van der Waals surface area contributed by atoms with Gasteiger partial charge < -0.3 is 15.0 Å². The van der Waals surface area contributed by atoms with Gasteiger partial charge in [0.05, 0.1) is 7.11 Å². The molecular formula is C17H16Cl2N2O2S. The van der Waals surface area contributed by atoms with Gasteiger partial charge in [0.2, 0.25) is 0 Å². The second kappa shape index (κ2) is 7.55. The van der Waals surface area contributed by atoms with E-state index >= 15 is 0 Å². The van der Waals surface area contributed by atoms with Crippen molar-refractivity contribution in [2.45, 2.75) is 5.37 Å². The summed E-state index contributed by atoms with van der Waals surface area (Å²) in [5.74, 6) is 1.61. The van der Waals surface area contributed by atoms with E-state index in [1.165, 1.54) is 0 Å². The second-order valence-corrected chi connectivity index (χ2v) is 7.27. The number of carbonyl (C=O) groups excluding carboxylic acids is 1. The second-order valence-electron chi connectivity index (χ2n) is 5.24. The number of ether oxygens (including phenoxy) is 1. The molecule has 1 aliphatic rings. The van der Waals surface area contributed by atoms with Crippen molar-refractivity contribution < 1.29 is 9.53 Å². The number of carbonyl (C=O) groups is 1. The summed E-state index contributed by atoms with van der Waals surface area (Å²) >= 11 is 13.9. The van der Waals surface area contributed by atoms with E-state index in [-0.39, 0.29) is 11.4 Å². The fraction of sp³-hybridized carbons (Fsp3) is 0.235. The van der Waals surface area contributed by atoms with Crippen LogP contribution < -0.4 is 10.1 Å². The first-order valence-electron chi connectivity index (χ1n) is 7.36. The van der Waals surface area contributed by atoms with E-state index in [1.807, 2.05) is 30.3 Å². The van der Waals surface area contributed by atoms with Crippen LogP contribution in [0.2, 0.25) is 10.0 Å². The van der Waals surface area contributed by atoms with Crippen LogP contribution in [0.3, 0.4) is 0 Å². The molecule has 1 N–H and O–H groups in total. The minimum atomic E-state index is -0.152. The van der Waals surface area contributed by atoms with Crippen LogP contribution in [0.1, 0.15) is 10.9 Å². The lowest BCUT2D eigenvalue weighted by Gasteiger charge is -2.25. The van der Waals surface area contributed by atoms with Crippen molar-refractivity contribution >= 4 is 46.7 Å². The van der Waals surface area contributed by atoms with Gasteiger partial charge >= 0.3 is 6.03 Å². The molecule has 1 atom stereocenters. The Morgan fingerprint density at radius 1 is 1.25 bits per heavy atom. The molecule has 0 aromatic heterocycles. The Morgan fingerprint density at radius 3 is 2.67 bits per heavy atom. The molecule has 2 aromatic carbocycles. The molecule has 3 rings (SSSR count). The number of halogens is 2. The summed E-state index contributed by atoms with van der Waals surface area (Å²) in [6.07, 6.45) is 0. The number of benzene rings is 2. The summed E-state index contributed by atoms with van der Waals surface area (Å²) in [5, 5.41) is 3.95. The molecule has 0 unspecified atom stereocenters. The average Bonchev–Trinajstić information content (AvgIpc) is 3.05. The Labute approximate surface area is 155 Å². The number of hydrogen-bond acceptors (Lipinski definition) is 3. The number of urea groups is 1. The Hall–Kier alpha value is -1.56. The molecule has 0 spiro atoms. The predicted molar refractivity (Wildman–Crippen MR) is 100 cm³/mol. The van der Waals surface area contributed by atoms with Crippen molar-refractivity contribution in [3.8, 4) is 5.75 Å². The molecule has 1 saturated heterocycles. The molecule has 126 valence electrons. The van der Waals surface area contributed by atoms with Crippen LogP contribution in [0, 0.1) is 0 Å². The maximum absolute atomic E-state index is 12.6. The van der Waals surface area contributed by atoms with Gasteiger partial charge in [-0.3, -0.25) is 0 Å². The van der Waals surface area contributed by atoms with Crippen LogP contribution in [0.15, 0.2) is 42.5 Å². The zero-order valence-corrected chi connectivity index (χ0v) is 15.3. The molecule has 0 saturated carbocycles. The maximum atomic E-state index is 12.6. The quantitative estimate of drug-likeness (QED) is 0.784. The van der Waals surface area contributed by atoms with E-state index in [2.05, 4.69) is 5.32 Å². The van der Waals surface area contributed by atoms with E-state index in [0.29, 0.717) is 16.6 Å². The number of thioether (sulfide) groups is 1. The van der Waals surface area contributed by atoms with Crippen molar-refractivity contribution in [3.63, 3.8) is 0 Å². The fourth-order valence-corrected chi connectivity index (χ4v) is 4.38. The molecule has 1 aliphatic heterocycles. The molecular weight excluding hydrogens is 367 g/mol. The highest BCUT2D eigenvalue weighted by atomic mass is 35.5. The van der Waals surface area contributed by atoms with Crippen LogP contribution in [0.25, 0.3) is 0 Å². The third-order valence-corrected chi connectivity index (χ3v) is 5.53. The molecule has 4 nitrogen and oxygen atoms in total. The van der Waals surface area contributed by atoms with E-state index in [4.69, 9.17) is 27.9 Å². The lowest BCUT2D eigenvalue weighted by Crippen LogP contribution is -2.34. The third-order valence-electron chi connectivity index (χ3n) is 3.72. The van der Waals surface area contributed by atoms with Gasteiger partial charge in [-0.2, -0.15) is 0 Å². The van der Waals surface area contributed by atoms with Crippen molar-refractivity contribution in [3.05, 3.63) is 58.1 Å². The van der Waals surface area contributed by atoms with Crippen molar-refractivity contribution in [2.75, 3.05) is 24.7 Å². The third kappa shape index (κ3) is 3.74. The summed E-state index contributed by atoms with van der Waals surface area (Å²) in [6.45, 7) is 0.663. The van der Waals surface area contributed by atoms with E-state index < -0.39 is 0 Å². The minimum absolute atomic E-state index is 0.118. The average molecular weight is 383 g/mol. The summed E-state index contributed by atoms with van der Waals surface area (Å²) in [4.78, 5) is 14.4. The van der Waals surface area contributed by atoms with Gasteiger partial charge in [-0.25, -0.2) is 4.79 Å². The molecule has 0 bridgehead atoms. The van der Waals surface area contributed by atoms with Crippen LogP contribution >= 0.6 is 35.0 Å². The van der Waals surface area contributed by atoms with Gasteiger partial charge in [-0.15, -0.1) is 11.8 Å². The monoisotopic (exact) mass is 382 g/mol. The molecule has 1 fully saturated rings. The minimum Gasteiger partial charge on any atom is -0.497 e. The van der Waals surface area contributed by atoms with Crippen LogP contribution in [-0.2, 0) is 0 Å². The van der Waals surface area contributed by atoms with Gasteiger partial charge in [-0.05, 0) is 36.4 Å². The summed E-state index contributed by atoms with van der Waals surface area (Å²) in [5.41, 5.74) is 1.62. The number of methoxy groups -OCH3 is 1. The molecule has 2 aromatic rings. The highest BCUT2D eigenvalue weighted by molar-refractivity contribution is 7.99. The predicted octanol–water partition coefficient (Wildman–Crippen LogP) is 5.28. The van der Waals surface area contributed by atoms with Gasteiger partial charge in [-0.1, -0.05) is 29.3 Å². The van der Waals surface area contributed by atoms with E-state index in [9.17, 15) is 4.79 Å². The maximum Gasteiger partial charge on any atom is 0.323 e. The summed E-state index contributed by atoms with van der Waals surface area (Å²) < 4.78 is 5.12. The van der Waals surface area contributed by atoms with Gasteiger partial charge in [0, 0.05) is 33.6 Å². The van der Waals surface area contributed by atoms with Gasteiger partial charge in [0.25, 0.3) is 0 Å². The van der Waals surface area contributed by atoms with Crippen molar-refractivity contribution in [1.29, 1.82) is 0 Å². The topological polar surface area (TPSA) is 41.6 Å². The lowest BCUT2D eigenvalue weighted by atomic mass is 10.2. The Morgan fingerprint density at radius 2 is 2.00 bits per heavy atom. The van der Waals surface area contributed by atoms with Gasteiger partial charge in [0.15, 0.2) is 0 Å². The van der Waals surface area contributed by atoms with Crippen LogP contribution in [0.5, 0.6) is 5.75 Å². The number of rotatable bonds is 3. The highest BCUT2D eigenvalue weighted by Gasteiger charge is 2.32. The first kappa shape index (κ1) is 17.3. The Bertz CT molecular complexity index is 740. The molecule has 24 heavy (non-hydrogen) atoms. The van der Waals surface area contributed by atoms with Crippen LogP contribution in [0.4, 0.5) is 10.5 Å². The standard InChI is InChI=1S/C17H16Cl2N2O2S/c1-23-13-5-3-12(4-6-13)20-17(22)21-8-9-24-16(21)14-7-2-11(18)10-15(14)19/h2-7,10,16H,8-9H2,1H3,(H,20,22)/t16-/m0/s1. The smallest absolute Gasteiger partial charge is 0.323 e. The van der Waals surface area contributed by atoms with Crippen LogP contribution in [-0.4, -0.2) is 30.3 Å². The lowest BCUT2D eigenvalue weighted by molar-refractivity contribution is 0.214. The normalized spacial score (nSPS) is 17.0. The molecule has 2 amide bonds. The number of nitrogens with one attached hydrogen (secondary N) is 1. The number of anilines is 1. The largest absolute Gasteiger partial charge is 0.497 e. The van der Waals surface area contributed by atoms with Gasteiger partial charge in [0.1, 0.15) is 11.1 Å². The van der Waals surface area contributed by atoms with E-state index in [1.54, 1.807) is 35.9 Å². The number of hydrogen-bond donors (Lipinski definition) is 1. The SMILES string of the molecule is COc1ccc(NC(=O)N2CCS[C@H]2c2ccc(Cl)cc2Cl)cc1. The fourth-order valence-electron chi connectivity index (χ4n) is 2.51. The molecule has 0 aliphatic carbocycles. The molecule has 0 radical (unpaired) electrons. The highest BCUT2D eigenvalue weighted by Crippen LogP contribution is 2.41. The summed E-state index contributed by atoms with van der Waals surface area (Å²) in [6, 6.07) is 12.5. The molecule has 1 heterocycles. The zero-order valence-electron chi connectivity index (χ0n) is 13.0. The zero-order chi connectivity index (χ0) is 17.1. The van der Waals surface area contributed by atoms with Crippen molar-refractivity contribution in [2.24, 2.45) is 0 Å². The van der Waals surface area contributed by atoms with Crippen molar-refractivity contribution in [1.82, 2.24) is 4.90 Å². The first-order chi connectivity index (χ1) is 11.6. The molecule has 7 heteroatoms.